The van der Waals surface area contributed by atoms with Crippen LogP contribution in [-0.4, -0.2) is 39.9 Å². The lowest BCUT2D eigenvalue weighted by molar-refractivity contribution is -0.0400. The maximum absolute atomic E-state index is 12.8. The highest BCUT2D eigenvalue weighted by atomic mass is 16.6. The smallest absolute Gasteiger partial charge is 0.410 e. The zero-order chi connectivity index (χ0) is 23.4. The number of ether oxygens (including phenoxy) is 2. The molecule has 2 aliphatic carbocycles. The maximum atomic E-state index is 12.8. The lowest BCUT2D eigenvalue weighted by Gasteiger charge is -2.39. The average molecular weight is 459 g/mol. The van der Waals surface area contributed by atoms with Gasteiger partial charge >= 0.3 is 6.09 Å². The Morgan fingerprint density at radius 2 is 1.67 bits per heavy atom. The number of hydrogen-bond acceptors (Lipinski definition) is 5. The number of aromatic nitrogens is 1. The second-order valence-corrected chi connectivity index (χ2v) is 12.8. The highest BCUT2D eigenvalue weighted by molar-refractivity contribution is 5.69. The molecule has 2 saturated carbocycles. The van der Waals surface area contributed by atoms with Crippen molar-refractivity contribution in [3.63, 3.8) is 0 Å². The Hall–Kier alpha value is -1.56. The summed E-state index contributed by atoms with van der Waals surface area (Å²) in [5.74, 6) is 2.12. The monoisotopic (exact) mass is 458 g/mol. The van der Waals surface area contributed by atoms with Gasteiger partial charge in [-0.05, 0) is 90.4 Å². The van der Waals surface area contributed by atoms with Crippen LogP contribution in [0.5, 0.6) is 0 Å². The first-order chi connectivity index (χ1) is 15.6. The predicted octanol–water partition coefficient (Wildman–Crippen LogP) is 6.68. The highest BCUT2D eigenvalue weighted by Crippen LogP contribution is 2.48. The summed E-state index contributed by atoms with van der Waals surface area (Å²) in [4.78, 5) is 14.8. The zero-order valence-corrected chi connectivity index (χ0v) is 21.2. The van der Waals surface area contributed by atoms with E-state index < -0.39 is 5.60 Å². The highest BCUT2D eigenvalue weighted by Gasteiger charge is 2.45. The number of carbonyl (C=O) groups excluding carboxylic acids is 1. The lowest BCUT2D eigenvalue weighted by Crippen LogP contribution is -2.50. The third-order valence-corrected chi connectivity index (χ3v) is 8.28. The van der Waals surface area contributed by atoms with Gasteiger partial charge in [-0.25, -0.2) is 4.79 Å². The molecular weight excluding hydrogens is 416 g/mol. The number of rotatable bonds is 5. The van der Waals surface area contributed by atoms with Crippen LogP contribution in [0.3, 0.4) is 0 Å². The fraction of sp³-hybridized carbons (Fsp3) is 0.852. The third kappa shape index (κ3) is 5.11. The molecule has 2 aliphatic heterocycles. The molecule has 0 N–H and O–H groups in total. The molecule has 4 aliphatic rings. The first-order valence-electron chi connectivity index (χ1n) is 13.2. The molecule has 1 amide bonds. The number of fused-ring (bicyclic) bond motifs is 2. The Bertz CT molecular complexity index is 842. The van der Waals surface area contributed by atoms with E-state index in [1.165, 1.54) is 49.8 Å². The molecule has 0 radical (unpaired) electrons. The van der Waals surface area contributed by atoms with E-state index in [1.54, 1.807) is 0 Å². The first-order valence-corrected chi connectivity index (χ1v) is 13.2. The largest absolute Gasteiger partial charge is 0.444 e. The van der Waals surface area contributed by atoms with Crippen molar-refractivity contribution in [3.05, 3.63) is 17.0 Å². The summed E-state index contributed by atoms with van der Waals surface area (Å²) in [6.45, 7) is 11.2. The number of piperidine rings is 1. The van der Waals surface area contributed by atoms with E-state index in [0.29, 0.717) is 23.9 Å². The van der Waals surface area contributed by atoms with Crippen molar-refractivity contribution in [1.82, 2.24) is 10.1 Å². The van der Waals surface area contributed by atoms with Gasteiger partial charge in [0.25, 0.3) is 0 Å². The van der Waals surface area contributed by atoms with Gasteiger partial charge in [-0.15, -0.1) is 0 Å². The Morgan fingerprint density at radius 1 is 1.03 bits per heavy atom. The van der Waals surface area contributed by atoms with Crippen LogP contribution in [-0.2, 0) is 16.1 Å². The standard InChI is InChI=1S/C27H42N2O4/c1-26(2,3)32-25(30)29-19-8-9-20(29)15-21(14-19)31-16-22-23(28-33-24(22)18-6-7-18)17-10-12-27(4,5)13-11-17/h17-21H,6-16H2,1-5H3/t19-,20?,21?/m0/s1. The van der Waals surface area contributed by atoms with Gasteiger partial charge in [-0.2, -0.15) is 0 Å². The summed E-state index contributed by atoms with van der Waals surface area (Å²) < 4.78 is 18.1. The minimum atomic E-state index is -0.456. The zero-order valence-electron chi connectivity index (χ0n) is 21.2. The van der Waals surface area contributed by atoms with E-state index in [-0.39, 0.29) is 24.3 Å². The maximum Gasteiger partial charge on any atom is 0.410 e. The van der Waals surface area contributed by atoms with Crippen LogP contribution in [0.1, 0.15) is 128 Å². The lowest BCUT2D eigenvalue weighted by atomic mass is 9.72. The molecule has 3 atom stereocenters. The van der Waals surface area contributed by atoms with Gasteiger partial charge in [0.15, 0.2) is 0 Å². The van der Waals surface area contributed by atoms with Crippen molar-refractivity contribution in [2.24, 2.45) is 5.41 Å². The van der Waals surface area contributed by atoms with Gasteiger partial charge < -0.3 is 18.9 Å². The van der Waals surface area contributed by atoms with E-state index in [1.807, 2.05) is 25.7 Å². The quantitative estimate of drug-likeness (QED) is 0.492. The summed E-state index contributed by atoms with van der Waals surface area (Å²) in [5.41, 5.74) is 2.39. The predicted molar refractivity (Wildman–Crippen MR) is 126 cm³/mol. The Balaban J connectivity index is 1.23. The van der Waals surface area contributed by atoms with Crippen molar-refractivity contribution in [2.45, 2.75) is 141 Å². The molecule has 0 aromatic carbocycles. The molecular formula is C27H42N2O4. The van der Waals surface area contributed by atoms with E-state index in [4.69, 9.17) is 14.0 Å². The molecule has 0 spiro atoms. The van der Waals surface area contributed by atoms with Crippen molar-refractivity contribution >= 4 is 6.09 Å². The van der Waals surface area contributed by atoms with Crippen molar-refractivity contribution in [1.29, 1.82) is 0 Å². The van der Waals surface area contributed by atoms with E-state index in [2.05, 4.69) is 19.0 Å². The average Bonchev–Trinajstić information content (AvgIpc) is 3.42. The summed E-state index contributed by atoms with van der Waals surface area (Å²) in [7, 11) is 0. The van der Waals surface area contributed by atoms with Crippen LogP contribution in [0.15, 0.2) is 4.52 Å². The minimum absolute atomic E-state index is 0.161. The van der Waals surface area contributed by atoms with Crippen molar-refractivity contribution < 1.29 is 18.8 Å². The Labute approximate surface area is 198 Å². The molecule has 2 saturated heterocycles. The van der Waals surface area contributed by atoms with E-state index in [9.17, 15) is 4.79 Å². The van der Waals surface area contributed by atoms with Crippen molar-refractivity contribution in [3.8, 4) is 0 Å². The molecule has 184 valence electrons. The molecule has 4 fully saturated rings. The van der Waals surface area contributed by atoms with Gasteiger partial charge in [0.2, 0.25) is 0 Å². The van der Waals surface area contributed by atoms with Gasteiger partial charge in [-0.1, -0.05) is 19.0 Å². The summed E-state index contributed by atoms with van der Waals surface area (Å²) >= 11 is 0. The molecule has 1 aromatic heterocycles. The number of hydrogen-bond donors (Lipinski definition) is 0. The normalized spacial score (nSPS) is 30.0. The van der Waals surface area contributed by atoms with Crippen LogP contribution >= 0.6 is 0 Å². The van der Waals surface area contributed by atoms with Gasteiger partial charge in [0.1, 0.15) is 11.4 Å². The molecule has 6 nitrogen and oxygen atoms in total. The molecule has 2 unspecified atom stereocenters. The van der Waals surface area contributed by atoms with Crippen LogP contribution < -0.4 is 0 Å². The van der Waals surface area contributed by atoms with Gasteiger partial charge in [-0.3, -0.25) is 0 Å². The second kappa shape index (κ2) is 8.58. The summed E-state index contributed by atoms with van der Waals surface area (Å²) in [6.07, 6.45) is 11.2. The fourth-order valence-corrected chi connectivity index (χ4v) is 6.22. The van der Waals surface area contributed by atoms with Crippen LogP contribution in [0.25, 0.3) is 0 Å². The van der Waals surface area contributed by atoms with Crippen molar-refractivity contribution in [2.75, 3.05) is 0 Å². The third-order valence-electron chi connectivity index (χ3n) is 8.28. The molecule has 3 heterocycles. The number of amides is 1. The van der Waals surface area contributed by atoms with Crippen LogP contribution in [0, 0.1) is 5.41 Å². The van der Waals surface area contributed by atoms with Crippen LogP contribution in [0.2, 0.25) is 0 Å². The second-order valence-electron chi connectivity index (χ2n) is 12.8. The number of carbonyl (C=O) groups is 1. The van der Waals surface area contributed by atoms with Gasteiger partial charge in [0, 0.05) is 29.5 Å². The minimum Gasteiger partial charge on any atom is -0.444 e. The Kier molecular flexibility index (Phi) is 6.03. The molecule has 1 aromatic rings. The number of nitrogens with zero attached hydrogens (tertiary/aromatic N) is 2. The van der Waals surface area contributed by atoms with Gasteiger partial charge in [0.05, 0.1) is 18.4 Å². The fourth-order valence-electron chi connectivity index (χ4n) is 6.22. The molecule has 5 rings (SSSR count). The topological polar surface area (TPSA) is 64.8 Å². The first kappa shape index (κ1) is 23.2. The summed E-state index contributed by atoms with van der Waals surface area (Å²) in [6, 6.07) is 0.461. The molecule has 6 heteroatoms. The molecule has 2 bridgehead atoms. The summed E-state index contributed by atoms with van der Waals surface area (Å²) in [5, 5.41) is 4.60. The van der Waals surface area contributed by atoms with E-state index in [0.717, 1.165) is 31.4 Å². The SMILES string of the molecule is CC1(C)CCC(c2noc(C3CC3)c2COC2CC3CC[C@@H](C2)N3C(=O)OC(C)(C)C)CC1. The molecule has 33 heavy (non-hydrogen) atoms. The van der Waals surface area contributed by atoms with E-state index >= 15 is 0 Å². The Morgan fingerprint density at radius 3 is 2.24 bits per heavy atom. The van der Waals surface area contributed by atoms with Crippen LogP contribution in [0.4, 0.5) is 4.79 Å².